The number of allylic oxidation sites excluding steroid dienone is 5. The first-order valence-electron chi connectivity index (χ1n) is 8.67. The van der Waals surface area contributed by atoms with Crippen LogP contribution in [0.25, 0.3) is 0 Å². The highest BCUT2D eigenvalue weighted by molar-refractivity contribution is 5.92. The molecule has 1 aromatic rings. The van der Waals surface area contributed by atoms with E-state index in [9.17, 15) is 22.4 Å². The van der Waals surface area contributed by atoms with Crippen molar-refractivity contribution in [3.8, 4) is 5.75 Å². The number of methoxy groups -OCH3 is 1. The summed E-state index contributed by atoms with van der Waals surface area (Å²) >= 11 is 0. The number of hydrogen-bond acceptors (Lipinski definition) is 2. The first-order valence-corrected chi connectivity index (χ1v) is 8.67. The number of benzene rings is 1. The molecule has 158 valence electrons. The van der Waals surface area contributed by atoms with E-state index in [1.807, 2.05) is 27.7 Å². The zero-order chi connectivity index (χ0) is 22.3. The third-order valence-electron chi connectivity index (χ3n) is 2.81. The highest BCUT2D eigenvalue weighted by Gasteiger charge is 2.31. The summed E-state index contributed by atoms with van der Waals surface area (Å²) in [6.07, 6.45) is -0.821. The monoisotopic (exact) mass is 404 g/mol. The van der Waals surface area contributed by atoms with Crippen molar-refractivity contribution < 1.29 is 27.1 Å². The van der Waals surface area contributed by atoms with Crippen molar-refractivity contribution in [3.63, 3.8) is 0 Å². The third kappa shape index (κ3) is 9.80. The van der Waals surface area contributed by atoms with E-state index in [1.165, 1.54) is 26.2 Å². The molecule has 0 aliphatic heterocycles. The Balaban J connectivity index is 0. The first kappa shape index (κ1) is 27.4. The summed E-state index contributed by atoms with van der Waals surface area (Å²) in [7, 11) is 1.25. The molecule has 0 saturated heterocycles. The fourth-order valence-electron chi connectivity index (χ4n) is 1.64. The number of hydrogen-bond donors (Lipinski definition) is 2. The predicted octanol–water partition coefficient (Wildman–Crippen LogP) is 6.83. The smallest absolute Gasteiger partial charge is 0.416 e. The number of carbonyl (C=O) groups is 1. The number of anilines is 1. The van der Waals surface area contributed by atoms with Crippen LogP contribution < -0.4 is 15.4 Å². The summed E-state index contributed by atoms with van der Waals surface area (Å²) in [6.45, 7) is 12.7. The van der Waals surface area contributed by atoms with Gasteiger partial charge >= 0.3 is 12.2 Å². The summed E-state index contributed by atoms with van der Waals surface area (Å²) in [5, 5.41) is 4.37. The molecule has 1 rings (SSSR count). The molecule has 1 aromatic carbocycles. The van der Waals surface area contributed by atoms with Crippen molar-refractivity contribution in [2.45, 2.75) is 40.8 Å². The van der Waals surface area contributed by atoms with E-state index in [1.54, 1.807) is 0 Å². The van der Waals surface area contributed by atoms with Crippen LogP contribution in [0.2, 0.25) is 0 Å². The van der Waals surface area contributed by atoms with E-state index in [2.05, 4.69) is 17.2 Å². The Morgan fingerprint density at radius 1 is 1.18 bits per heavy atom. The average Bonchev–Trinajstić information content (AvgIpc) is 2.68. The Bertz CT molecular complexity index is 681. The Morgan fingerprint density at radius 2 is 1.75 bits per heavy atom. The van der Waals surface area contributed by atoms with Crippen molar-refractivity contribution in [2.75, 3.05) is 12.4 Å². The molecule has 0 aliphatic rings. The van der Waals surface area contributed by atoms with Crippen LogP contribution in [0.1, 0.15) is 40.2 Å². The van der Waals surface area contributed by atoms with Crippen molar-refractivity contribution in [1.82, 2.24) is 5.32 Å². The largest absolute Gasteiger partial charge is 0.495 e. The van der Waals surface area contributed by atoms with Gasteiger partial charge in [-0.2, -0.15) is 13.2 Å². The van der Waals surface area contributed by atoms with E-state index < -0.39 is 23.6 Å². The van der Waals surface area contributed by atoms with Gasteiger partial charge in [-0.3, -0.25) is 0 Å². The Hall–Kier alpha value is -2.77. The van der Waals surface area contributed by atoms with Gasteiger partial charge < -0.3 is 15.4 Å². The lowest BCUT2D eigenvalue weighted by Crippen LogP contribution is -2.28. The molecular formula is C20H28F4N2O2. The SMILES string of the molecule is C=C/C=C\C(F)=C(/C)NC(=O)Nc1cc(C(F)(F)F)ccc1OC.CC.CC. The molecule has 8 heteroatoms. The molecule has 0 fully saturated rings. The fraction of sp³-hybridized carbons (Fsp3) is 0.350. The molecular weight excluding hydrogens is 376 g/mol. The lowest BCUT2D eigenvalue weighted by atomic mass is 10.2. The van der Waals surface area contributed by atoms with E-state index in [0.717, 1.165) is 24.3 Å². The van der Waals surface area contributed by atoms with Crippen molar-refractivity contribution in [3.05, 3.63) is 60.1 Å². The highest BCUT2D eigenvalue weighted by Crippen LogP contribution is 2.34. The summed E-state index contributed by atoms with van der Waals surface area (Å²) in [4.78, 5) is 11.8. The van der Waals surface area contributed by atoms with Crippen molar-refractivity contribution in [2.24, 2.45) is 0 Å². The van der Waals surface area contributed by atoms with Crippen LogP contribution in [0.5, 0.6) is 5.75 Å². The minimum absolute atomic E-state index is 0.0341. The molecule has 2 N–H and O–H groups in total. The normalized spacial score (nSPS) is 11.2. The Labute approximate surface area is 164 Å². The minimum Gasteiger partial charge on any atom is -0.495 e. The zero-order valence-corrected chi connectivity index (χ0v) is 17.0. The molecule has 0 saturated carbocycles. The number of nitrogens with one attached hydrogen (secondary N) is 2. The van der Waals surface area contributed by atoms with Gasteiger partial charge in [0.1, 0.15) is 11.6 Å². The van der Waals surface area contributed by atoms with E-state index in [0.29, 0.717) is 0 Å². The van der Waals surface area contributed by atoms with E-state index in [4.69, 9.17) is 4.74 Å². The lowest BCUT2D eigenvalue weighted by molar-refractivity contribution is -0.137. The van der Waals surface area contributed by atoms with Gasteiger partial charge in [-0.1, -0.05) is 46.4 Å². The van der Waals surface area contributed by atoms with Gasteiger partial charge in [0.15, 0.2) is 0 Å². The van der Waals surface area contributed by atoms with E-state index in [-0.39, 0.29) is 17.1 Å². The zero-order valence-electron chi connectivity index (χ0n) is 17.0. The second-order valence-corrected chi connectivity index (χ2v) is 4.56. The molecule has 28 heavy (non-hydrogen) atoms. The summed E-state index contributed by atoms with van der Waals surface area (Å²) < 4.78 is 56.7. The van der Waals surface area contributed by atoms with Gasteiger partial charge in [0, 0.05) is 0 Å². The minimum atomic E-state index is -4.57. The molecule has 4 nitrogen and oxygen atoms in total. The van der Waals surface area contributed by atoms with Gasteiger partial charge in [0.05, 0.1) is 24.1 Å². The van der Waals surface area contributed by atoms with Crippen LogP contribution in [0, 0.1) is 0 Å². The number of urea groups is 1. The quantitative estimate of drug-likeness (QED) is 0.417. The van der Waals surface area contributed by atoms with Crippen LogP contribution in [-0.4, -0.2) is 13.1 Å². The number of rotatable bonds is 5. The Morgan fingerprint density at radius 3 is 2.21 bits per heavy atom. The molecule has 0 aromatic heterocycles. The standard InChI is InChI=1S/C16H16F4N2O2.2C2H6/c1-4-5-6-12(17)10(2)21-15(23)22-13-9-11(16(18,19)20)7-8-14(13)24-3;2*1-2/h4-9H,1H2,2-3H3,(H2,21,22,23);2*1-2H3/b6-5-,12-10-;;. The molecule has 0 bridgehead atoms. The van der Waals surface area contributed by atoms with Crippen molar-refractivity contribution >= 4 is 11.7 Å². The number of halogens is 4. The number of carbonyl (C=O) groups excluding carboxylic acids is 1. The molecule has 0 radical (unpaired) electrons. The second kappa shape index (κ2) is 14.3. The summed E-state index contributed by atoms with van der Waals surface area (Å²) in [6, 6.07) is 1.72. The molecule has 2 amide bonds. The third-order valence-corrected chi connectivity index (χ3v) is 2.81. The predicted molar refractivity (Wildman–Crippen MR) is 106 cm³/mol. The number of amides is 2. The molecule has 0 unspecified atom stereocenters. The van der Waals surface area contributed by atoms with Crippen molar-refractivity contribution in [1.29, 1.82) is 0 Å². The van der Waals surface area contributed by atoms with Crippen LogP contribution in [0.4, 0.5) is 28.0 Å². The van der Waals surface area contributed by atoms with E-state index >= 15 is 0 Å². The highest BCUT2D eigenvalue weighted by atomic mass is 19.4. The maximum Gasteiger partial charge on any atom is 0.416 e. The maximum atomic E-state index is 13.6. The maximum absolute atomic E-state index is 13.6. The van der Waals surface area contributed by atoms with Gasteiger partial charge in [0.25, 0.3) is 0 Å². The topological polar surface area (TPSA) is 50.4 Å². The van der Waals surface area contributed by atoms with Gasteiger partial charge in [0.2, 0.25) is 0 Å². The average molecular weight is 404 g/mol. The fourth-order valence-corrected chi connectivity index (χ4v) is 1.64. The summed E-state index contributed by atoms with van der Waals surface area (Å²) in [5.41, 5.74) is -1.26. The molecule has 0 aliphatic carbocycles. The molecule has 0 atom stereocenters. The second-order valence-electron chi connectivity index (χ2n) is 4.56. The van der Waals surface area contributed by atoms with Crippen LogP contribution >= 0.6 is 0 Å². The number of ether oxygens (including phenoxy) is 1. The lowest BCUT2D eigenvalue weighted by Gasteiger charge is -2.14. The molecule has 0 spiro atoms. The summed E-state index contributed by atoms with van der Waals surface area (Å²) in [5.74, 6) is -0.687. The van der Waals surface area contributed by atoms with Crippen LogP contribution in [0.3, 0.4) is 0 Å². The first-order chi connectivity index (χ1) is 13.2. The van der Waals surface area contributed by atoms with Gasteiger partial charge in [-0.25, -0.2) is 9.18 Å². The van der Waals surface area contributed by atoms with Gasteiger partial charge in [-0.15, -0.1) is 0 Å². The number of alkyl halides is 3. The van der Waals surface area contributed by atoms with Gasteiger partial charge in [-0.05, 0) is 31.2 Å². The van der Waals surface area contributed by atoms with Crippen LogP contribution in [-0.2, 0) is 6.18 Å². The Kier molecular flexibility index (Phi) is 14.0. The van der Waals surface area contributed by atoms with Crippen LogP contribution in [0.15, 0.2) is 54.5 Å². The molecule has 0 heterocycles.